The van der Waals surface area contributed by atoms with Crippen LogP contribution in [0.3, 0.4) is 0 Å². The van der Waals surface area contributed by atoms with Crippen molar-refractivity contribution < 1.29 is 5.11 Å². The highest BCUT2D eigenvalue weighted by Gasteiger charge is 2.23. The smallest absolute Gasteiger partial charge is 0.0527 e. The zero-order valence-corrected chi connectivity index (χ0v) is 12.6. The zero-order valence-electron chi connectivity index (χ0n) is 10.2. The van der Waals surface area contributed by atoms with Crippen LogP contribution in [-0.4, -0.2) is 28.7 Å². The van der Waals surface area contributed by atoms with E-state index >= 15 is 0 Å². The largest absolute Gasteiger partial charge is 0.393 e. The standard InChI is InChI=1S/C13H20BrNOS/c1-10(16)6-12-4-2-3-5-15(12)8-13-7-11(14)9-17-13/h7,9-10,12,16H,2-6,8H2,1H3. The SMILES string of the molecule is CC(O)CC1CCCCN1Cc1cc(Br)cs1. The average Bonchev–Trinajstić information content (AvgIpc) is 2.66. The minimum atomic E-state index is -0.185. The average molecular weight is 318 g/mol. The lowest BCUT2D eigenvalue weighted by molar-refractivity contribution is 0.0825. The summed E-state index contributed by atoms with van der Waals surface area (Å²) in [6.45, 7) is 4.11. The monoisotopic (exact) mass is 317 g/mol. The van der Waals surface area contributed by atoms with Crippen molar-refractivity contribution in [2.24, 2.45) is 0 Å². The first-order chi connectivity index (χ1) is 8.15. The van der Waals surface area contributed by atoms with E-state index in [-0.39, 0.29) is 6.10 Å². The van der Waals surface area contributed by atoms with E-state index in [9.17, 15) is 5.11 Å². The molecule has 2 atom stereocenters. The Hall–Kier alpha value is 0.1000. The Balaban J connectivity index is 1.96. The first kappa shape index (κ1) is 13.5. The lowest BCUT2D eigenvalue weighted by Crippen LogP contribution is -2.40. The molecule has 1 aromatic heterocycles. The molecule has 0 radical (unpaired) electrons. The Morgan fingerprint density at radius 1 is 1.59 bits per heavy atom. The molecular formula is C13H20BrNOS. The third-order valence-corrected chi connectivity index (χ3v) is 5.03. The molecule has 1 aliphatic heterocycles. The van der Waals surface area contributed by atoms with Gasteiger partial charge in [0, 0.05) is 27.3 Å². The van der Waals surface area contributed by atoms with Gasteiger partial charge in [0.25, 0.3) is 0 Å². The number of rotatable bonds is 4. The van der Waals surface area contributed by atoms with Gasteiger partial charge in [0.15, 0.2) is 0 Å². The molecule has 2 unspecified atom stereocenters. The molecule has 0 bridgehead atoms. The third-order valence-electron chi connectivity index (χ3n) is 3.34. The van der Waals surface area contributed by atoms with Crippen molar-refractivity contribution in [3.63, 3.8) is 0 Å². The highest BCUT2D eigenvalue weighted by Crippen LogP contribution is 2.26. The van der Waals surface area contributed by atoms with Crippen LogP contribution < -0.4 is 0 Å². The van der Waals surface area contributed by atoms with Gasteiger partial charge >= 0.3 is 0 Å². The highest BCUT2D eigenvalue weighted by molar-refractivity contribution is 9.10. The van der Waals surface area contributed by atoms with E-state index in [0.29, 0.717) is 6.04 Å². The fraction of sp³-hybridized carbons (Fsp3) is 0.692. The summed E-state index contributed by atoms with van der Waals surface area (Å²) < 4.78 is 1.18. The first-order valence-electron chi connectivity index (χ1n) is 6.30. The second-order valence-corrected chi connectivity index (χ2v) is 6.85. The number of piperidine rings is 1. The van der Waals surface area contributed by atoms with Gasteiger partial charge in [-0.1, -0.05) is 6.42 Å². The van der Waals surface area contributed by atoms with Crippen LogP contribution in [0.5, 0.6) is 0 Å². The number of aliphatic hydroxyl groups excluding tert-OH is 1. The van der Waals surface area contributed by atoms with Crippen LogP contribution >= 0.6 is 27.3 Å². The number of nitrogens with zero attached hydrogens (tertiary/aromatic N) is 1. The van der Waals surface area contributed by atoms with Crippen LogP contribution in [0, 0.1) is 0 Å². The summed E-state index contributed by atoms with van der Waals surface area (Å²) in [5.74, 6) is 0. The van der Waals surface area contributed by atoms with Gasteiger partial charge in [0.05, 0.1) is 6.10 Å². The van der Waals surface area contributed by atoms with Crippen LogP contribution in [0.1, 0.15) is 37.5 Å². The summed E-state index contributed by atoms with van der Waals surface area (Å²) in [5, 5.41) is 11.7. The van der Waals surface area contributed by atoms with E-state index in [0.717, 1.165) is 13.0 Å². The molecule has 96 valence electrons. The second kappa shape index (κ2) is 6.32. The molecule has 4 heteroatoms. The summed E-state index contributed by atoms with van der Waals surface area (Å²) in [7, 11) is 0. The van der Waals surface area contributed by atoms with Crippen molar-refractivity contribution in [2.45, 2.75) is 51.3 Å². The van der Waals surface area contributed by atoms with Crippen LogP contribution in [0.2, 0.25) is 0 Å². The Kier molecular flexibility index (Phi) is 5.03. The van der Waals surface area contributed by atoms with Gasteiger partial charge in [-0.15, -0.1) is 11.3 Å². The Labute approximate surface area is 116 Å². The Morgan fingerprint density at radius 3 is 3.06 bits per heavy atom. The predicted octanol–water partition coefficient (Wildman–Crippen LogP) is 3.64. The number of aliphatic hydroxyl groups is 1. The second-order valence-electron chi connectivity index (χ2n) is 4.94. The van der Waals surface area contributed by atoms with Crippen molar-refractivity contribution in [1.29, 1.82) is 0 Å². The zero-order chi connectivity index (χ0) is 12.3. The van der Waals surface area contributed by atoms with E-state index < -0.39 is 0 Å². The molecule has 1 aromatic rings. The quantitative estimate of drug-likeness (QED) is 0.916. The van der Waals surface area contributed by atoms with Gasteiger partial charge in [-0.25, -0.2) is 0 Å². The number of thiophene rings is 1. The van der Waals surface area contributed by atoms with Crippen molar-refractivity contribution in [3.8, 4) is 0 Å². The molecule has 2 nitrogen and oxygen atoms in total. The fourth-order valence-corrected chi connectivity index (χ4v) is 4.04. The topological polar surface area (TPSA) is 23.5 Å². The minimum absolute atomic E-state index is 0.185. The fourth-order valence-electron chi connectivity index (χ4n) is 2.57. The Morgan fingerprint density at radius 2 is 2.41 bits per heavy atom. The summed E-state index contributed by atoms with van der Waals surface area (Å²) in [6.07, 6.45) is 4.56. The molecule has 0 spiro atoms. The lowest BCUT2D eigenvalue weighted by Gasteiger charge is -2.36. The van der Waals surface area contributed by atoms with E-state index in [1.807, 2.05) is 18.3 Å². The maximum atomic E-state index is 9.56. The van der Waals surface area contributed by atoms with Crippen molar-refractivity contribution >= 4 is 27.3 Å². The first-order valence-corrected chi connectivity index (χ1v) is 7.97. The number of likely N-dealkylation sites (tertiary alicyclic amines) is 1. The van der Waals surface area contributed by atoms with Crippen molar-refractivity contribution in [2.75, 3.05) is 6.54 Å². The maximum absolute atomic E-state index is 9.56. The molecule has 1 fully saturated rings. The van der Waals surface area contributed by atoms with Crippen LogP contribution in [0.25, 0.3) is 0 Å². The molecule has 0 amide bonds. The van der Waals surface area contributed by atoms with Crippen LogP contribution in [0.4, 0.5) is 0 Å². The molecule has 0 saturated carbocycles. The summed E-state index contributed by atoms with van der Waals surface area (Å²) in [6, 6.07) is 2.77. The normalized spacial score (nSPS) is 23.8. The minimum Gasteiger partial charge on any atom is -0.393 e. The third kappa shape index (κ3) is 4.05. The van der Waals surface area contributed by atoms with E-state index in [2.05, 4.69) is 32.3 Å². The Bertz CT molecular complexity index is 353. The van der Waals surface area contributed by atoms with Gasteiger partial charge in [-0.05, 0) is 54.7 Å². The van der Waals surface area contributed by atoms with Gasteiger partial charge in [0.1, 0.15) is 0 Å². The van der Waals surface area contributed by atoms with Gasteiger partial charge < -0.3 is 5.11 Å². The maximum Gasteiger partial charge on any atom is 0.0527 e. The molecule has 1 aliphatic rings. The lowest BCUT2D eigenvalue weighted by atomic mass is 9.97. The summed E-state index contributed by atoms with van der Waals surface area (Å²) >= 11 is 5.32. The van der Waals surface area contributed by atoms with Gasteiger partial charge in [-0.3, -0.25) is 4.90 Å². The molecule has 0 aromatic carbocycles. The number of halogens is 1. The van der Waals surface area contributed by atoms with Crippen LogP contribution in [-0.2, 0) is 6.54 Å². The van der Waals surface area contributed by atoms with Crippen LogP contribution in [0.15, 0.2) is 15.9 Å². The molecule has 1 N–H and O–H groups in total. The molecule has 2 rings (SSSR count). The van der Waals surface area contributed by atoms with Gasteiger partial charge in [-0.2, -0.15) is 0 Å². The van der Waals surface area contributed by atoms with E-state index in [1.165, 1.54) is 35.2 Å². The molecular weight excluding hydrogens is 298 g/mol. The van der Waals surface area contributed by atoms with E-state index in [4.69, 9.17) is 0 Å². The van der Waals surface area contributed by atoms with Crippen molar-refractivity contribution in [1.82, 2.24) is 4.90 Å². The molecule has 17 heavy (non-hydrogen) atoms. The predicted molar refractivity (Wildman–Crippen MR) is 76.4 cm³/mol. The molecule has 2 heterocycles. The van der Waals surface area contributed by atoms with Crippen molar-refractivity contribution in [3.05, 3.63) is 20.8 Å². The number of hydrogen-bond acceptors (Lipinski definition) is 3. The van der Waals surface area contributed by atoms with E-state index in [1.54, 1.807) is 0 Å². The molecule has 0 aliphatic carbocycles. The summed E-state index contributed by atoms with van der Waals surface area (Å²) in [5.41, 5.74) is 0. The molecule has 1 saturated heterocycles. The highest BCUT2D eigenvalue weighted by atomic mass is 79.9. The summed E-state index contributed by atoms with van der Waals surface area (Å²) in [4.78, 5) is 3.95. The number of hydrogen-bond donors (Lipinski definition) is 1. The van der Waals surface area contributed by atoms with Gasteiger partial charge in [0.2, 0.25) is 0 Å².